The Morgan fingerprint density at radius 1 is 1.33 bits per heavy atom. The summed E-state index contributed by atoms with van der Waals surface area (Å²) in [6.45, 7) is 7.66. The van der Waals surface area contributed by atoms with Gasteiger partial charge in [0.15, 0.2) is 0 Å². The smallest absolute Gasteiger partial charge is 0.107 e. The van der Waals surface area contributed by atoms with Crippen LogP contribution in [0.15, 0.2) is 5.38 Å². The van der Waals surface area contributed by atoms with E-state index >= 15 is 0 Å². The topological polar surface area (TPSA) is 24.9 Å². The van der Waals surface area contributed by atoms with E-state index in [1.165, 1.54) is 36.4 Å². The van der Waals surface area contributed by atoms with Crippen molar-refractivity contribution in [2.24, 2.45) is 11.8 Å². The molecule has 2 fully saturated rings. The molecule has 0 radical (unpaired) electrons. The lowest BCUT2D eigenvalue weighted by atomic mass is 9.93. The van der Waals surface area contributed by atoms with E-state index < -0.39 is 0 Å². The Kier molecular flexibility index (Phi) is 3.23. The molecule has 2 saturated carbocycles. The molecule has 0 aliphatic heterocycles. The Morgan fingerprint density at radius 2 is 2.17 bits per heavy atom. The van der Waals surface area contributed by atoms with Crippen LogP contribution >= 0.6 is 11.3 Å². The summed E-state index contributed by atoms with van der Waals surface area (Å²) in [5.41, 5.74) is 1.42. The monoisotopic (exact) mass is 264 g/mol. The largest absolute Gasteiger partial charge is 0.307 e. The molecule has 2 nitrogen and oxygen atoms in total. The number of fused-ring (bicyclic) bond motifs is 2. The zero-order chi connectivity index (χ0) is 12.8. The highest BCUT2D eigenvalue weighted by Gasteiger charge is 2.39. The first-order valence-electron chi connectivity index (χ1n) is 7.20. The first kappa shape index (κ1) is 12.6. The van der Waals surface area contributed by atoms with Crippen molar-refractivity contribution in [3.05, 3.63) is 16.1 Å². The fourth-order valence-electron chi connectivity index (χ4n) is 3.45. The van der Waals surface area contributed by atoms with Crippen molar-refractivity contribution in [3.8, 4) is 0 Å². The molecule has 3 heteroatoms. The van der Waals surface area contributed by atoms with Crippen molar-refractivity contribution < 1.29 is 0 Å². The van der Waals surface area contributed by atoms with E-state index in [1.54, 1.807) is 11.3 Å². The third kappa shape index (κ3) is 2.48. The highest BCUT2D eigenvalue weighted by molar-refractivity contribution is 7.09. The normalized spacial score (nSPS) is 31.2. The Hall–Kier alpha value is -0.410. The lowest BCUT2D eigenvalue weighted by Crippen LogP contribution is -2.33. The van der Waals surface area contributed by atoms with Gasteiger partial charge in [0.2, 0.25) is 0 Å². The minimum absolute atomic E-state index is 0.182. The number of hydrogen-bond acceptors (Lipinski definition) is 3. The maximum Gasteiger partial charge on any atom is 0.107 e. The Balaban J connectivity index is 1.56. The Bertz CT molecular complexity index is 418. The number of rotatable bonds is 3. The third-order valence-electron chi connectivity index (χ3n) is 4.57. The molecule has 2 aliphatic rings. The summed E-state index contributed by atoms with van der Waals surface area (Å²) in [5.74, 6) is 1.98. The van der Waals surface area contributed by atoms with Gasteiger partial charge in [-0.1, -0.05) is 27.2 Å². The van der Waals surface area contributed by atoms with Crippen molar-refractivity contribution in [1.29, 1.82) is 0 Å². The maximum atomic E-state index is 4.76. The molecule has 18 heavy (non-hydrogen) atoms. The van der Waals surface area contributed by atoms with Crippen LogP contribution in [-0.4, -0.2) is 11.0 Å². The third-order valence-corrected chi connectivity index (χ3v) is 5.42. The van der Waals surface area contributed by atoms with Crippen molar-refractivity contribution >= 4 is 11.3 Å². The van der Waals surface area contributed by atoms with Gasteiger partial charge in [0.05, 0.1) is 5.69 Å². The predicted molar refractivity (Wildman–Crippen MR) is 76.9 cm³/mol. The first-order valence-corrected chi connectivity index (χ1v) is 8.08. The molecule has 2 aliphatic carbocycles. The van der Waals surface area contributed by atoms with Crippen molar-refractivity contribution in [2.45, 2.75) is 64.5 Å². The predicted octanol–water partition coefficient (Wildman–Crippen LogP) is 3.72. The molecule has 2 bridgehead atoms. The molecule has 1 aromatic rings. The Morgan fingerprint density at radius 3 is 2.72 bits per heavy atom. The number of nitrogens with one attached hydrogen (secondary N) is 1. The fourth-order valence-corrected chi connectivity index (χ4v) is 4.42. The van der Waals surface area contributed by atoms with E-state index in [1.807, 2.05) is 0 Å². The van der Waals surface area contributed by atoms with Crippen molar-refractivity contribution in [2.75, 3.05) is 0 Å². The molecule has 3 rings (SSSR count). The lowest BCUT2D eigenvalue weighted by molar-refractivity contribution is 0.350. The number of aromatic nitrogens is 1. The van der Waals surface area contributed by atoms with Crippen LogP contribution in [0.5, 0.6) is 0 Å². The standard InChI is InChI=1S/C15H24N2S/c1-15(2,3)13-9-18-14(17-13)8-16-12-7-10-4-5-11(12)6-10/h9-12,16H,4-8H2,1-3H3. The van der Waals surface area contributed by atoms with Gasteiger partial charge in [-0.05, 0) is 31.1 Å². The molecule has 0 saturated heterocycles. The van der Waals surface area contributed by atoms with E-state index in [0.717, 1.165) is 24.4 Å². The molecular formula is C15H24N2S. The van der Waals surface area contributed by atoms with Crippen LogP contribution in [0, 0.1) is 11.8 Å². The molecule has 1 aromatic heterocycles. The molecule has 3 atom stereocenters. The van der Waals surface area contributed by atoms with Gasteiger partial charge < -0.3 is 5.32 Å². The summed E-state index contributed by atoms with van der Waals surface area (Å²) >= 11 is 1.81. The Labute approximate surface area is 114 Å². The highest BCUT2D eigenvalue weighted by atomic mass is 32.1. The maximum absolute atomic E-state index is 4.76. The highest BCUT2D eigenvalue weighted by Crippen LogP contribution is 2.44. The second kappa shape index (κ2) is 4.61. The second-order valence-electron chi connectivity index (χ2n) is 7.04. The molecule has 1 heterocycles. The van der Waals surface area contributed by atoms with Gasteiger partial charge in [-0.15, -0.1) is 11.3 Å². The van der Waals surface area contributed by atoms with Crippen LogP contribution in [0.3, 0.4) is 0 Å². The summed E-state index contributed by atoms with van der Waals surface area (Å²) in [6.07, 6.45) is 5.81. The summed E-state index contributed by atoms with van der Waals surface area (Å²) < 4.78 is 0. The lowest BCUT2D eigenvalue weighted by Gasteiger charge is -2.22. The second-order valence-corrected chi connectivity index (χ2v) is 7.98. The molecule has 0 aromatic carbocycles. The molecule has 0 amide bonds. The minimum Gasteiger partial charge on any atom is -0.307 e. The number of thiazole rings is 1. The van der Waals surface area contributed by atoms with E-state index in [-0.39, 0.29) is 5.41 Å². The summed E-state index contributed by atoms with van der Waals surface area (Å²) in [6, 6.07) is 0.769. The van der Waals surface area contributed by atoms with Gasteiger partial charge >= 0.3 is 0 Å². The van der Waals surface area contributed by atoms with Crippen LogP contribution < -0.4 is 5.32 Å². The molecule has 1 N–H and O–H groups in total. The molecular weight excluding hydrogens is 240 g/mol. The first-order chi connectivity index (χ1) is 8.52. The molecule has 0 spiro atoms. The minimum atomic E-state index is 0.182. The van der Waals surface area contributed by atoms with E-state index in [0.29, 0.717) is 0 Å². The van der Waals surface area contributed by atoms with E-state index in [9.17, 15) is 0 Å². The number of nitrogens with zero attached hydrogens (tertiary/aromatic N) is 1. The van der Waals surface area contributed by atoms with E-state index in [2.05, 4.69) is 31.5 Å². The van der Waals surface area contributed by atoms with Crippen LogP contribution in [0.4, 0.5) is 0 Å². The quantitative estimate of drug-likeness (QED) is 0.900. The van der Waals surface area contributed by atoms with Crippen LogP contribution in [0.1, 0.15) is 57.2 Å². The van der Waals surface area contributed by atoms with Crippen LogP contribution in [-0.2, 0) is 12.0 Å². The van der Waals surface area contributed by atoms with Crippen LogP contribution in [0.2, 0.25) is 0 Å². The summed E-state index contributed by atoms with van der Waals surface area (Å²) in [7, 11) is 0. The van der Waals surface area contributed by atoms with Gasteiger partial charge in [0, 0.05) is 23.4 Å². The van der Waals surface area contributed by atoms with Crippen LogP contribution in [0.25, 0.3) is 0 Å². The average Bonchev–Trinajstić information content (AvgIpc) is 3.01. The van der Waals surface area contributed by atoms with Crippen molar-refractivity contribution in [1.82, 2.24) is 10.3 Å². The SMILES string of the molecule is CC(C)(C)c1csc(CNC2CC3CCC2C3)n1. The molecule has 3 unspecified atom stereocenters. The van der Waals surface area contributed by atoms with Gasteiger partial charge in [0.1, 0.15) is 5.01 Å². The average molecular weight is 264 g/mol. The zero-order valence-corrected chi connectivity index (χ0v) is 12.5. The van der Waals surface area contributed by atoms with Gasteiger partial charge in [0.25, 0.3) is 0 Å². The summed E-state index contributed by atoms with van der Waals surface area (Å²) in [5, 5.41) is 7.21. The van der Waals surface area contributed by atoms with Gasteiger partial charge in [-0.2, -0.15) is 0 Å². The summed E-state index contributed by atoms with van der Waals surface area (Å²) in [4.78, 5) is 4.76. The fraction of sp³-hybridized carbons (Fsp3) is 0.800. The zero-order valence-electron chi connectivity index (χ0n) is 11.7. The van der Waals surface area contributed by atoms with Gasteiger partial charge in [-0.25, -0.2) is 4.98 Å². The van der Waals surface area contributed by atoms with Crippen molar-refractivity contribution in [3.63, 3.8) is 0 Å². The van der Waals surface area contributed by atoms with E-state index in [4.69, 9.17) is 4.98 Å². The van der Waals surface area contributed by atoms with Gasteiger partial charge in [-0.3, -0.25) is 0 Å². The number of hydrogen-bond donors (Lipinski definition) is 1. The molecule has 100 valence electrons.